The molecule has 0 aromatic carbocycles. The molecule has 0 atom stereocenters. The molecule has 0 unspecified atom stereocenters. The van der Waals surface area contributed by atoms with Crippen molar-refractivity contribution in [1.29, 1.82) is 0 Å². The van der Waals surface area contributed by atoms with Crippen molar-refractivity contribution in [2.45, 2.75) is 20.3 Å². The molecule has 1 rings (SSSR count). The quantitative estimate of drug-likeness (QED) is 0.778. The standard InChI is InChI=1S/C10H13BrN2O/c1-4-5-8(14)6-9-10(11)7(2)12-13(9)3/h4-5H,6H2,1-3H3/b5-4+. The molecule has 1 aromatic rings. The van der Waals surface area contributed by atoms with Crippen LogP contribution in [-0.2, 0) is 18.3 Å². The van der Waals surface area contributed by atoms with Crippen LogP contribution < -0.4 is 0 Å². The third kappa shape index (κ3) is 2.32. The van der Waals surface area contributed by atoms with Gasteiger partial charge in [-0.3, -0.25) is 9.48 Å². The first-order valence-corrected chi connectivity index (χ1v) is 5.19. The van der Waals surface area contributed by atoms with Crippen molar-refractivity contribution in [3.05, 3.63) is 28.0 Å². The first kappa shape index (κ1) is 11.2. The van der Waals surface area contributed by atoms with Gasteiger partial charge in [0.05, 0.1) is 22.3 Å². The molecular weight excluding hydrogens is 244 g/mol. The molecule has 0 saturated carbocycles. The average Bonchev–Trinajstić information content (AvgIpc) is 2.33. The smallest absolute Gasteiger partial charge is 0.161 e. The Kier molecular flexibility index (Phi) is 3.63. The van der Waals surface area contributed by atoms with Crippen LogP contribution in [0.1, 0.15) is 18.3 Å². The summed E-state index contributed by atoms with van der Waals surface area (Å²) in [5.74, 6) is 0.0937. The summed E-state index contributed by atoms with van der Waals surface area (Å²) in [4.78, 5) is 11.4. The van der Waals surface area contributed by atoms with Gasteiger partial charge in [-0.05, 0) is 35.9 Å². The van der Waals surface area contributed by atoms with E-state index in [0.29, 0.717) is 6.42 Å². The second kappa shape index (κ2) is 4.55. The zero-order valence-electron chi connectivity index (χ0n) is 8.54. The van der Waals surface area contributed by atoms with E-state index in [-0.39, 0.29) is 5.78 Å². The fourth-order valence-electron chi connectivity index (χ4n) is 1.28. The molecule has 0 saturated heterocycles. The number of carbonyl (C=O) groups excluding carboxylic acids is 1. The summed E-state index contributed by atoms with van der Waals surface area (Å²) in [6, 6.07) is 0. The fraction of sp³-hybridized carbons (Fsp3) is 0.400. The summed E-state index contributed by atoms with van der Waals surface area (Å²) in [5.41, 5.74) is 1.83. The van der Waals surface area contributed by atoms with E-state index in [9.17, 15) is 4.79 Å². The number of hydrogen-bond donors (Lipinski definition) is 0. The molecule has 3 nitrogen and oxygen atoms in total. The van der Waals surface area contributed by atoms with Gasteiger partial charge in [0.15, 0.2) is 5.78 Å². The van der Waals surface area contributed by atoms with Crippen LogP contribution in [0, 0.1) is 6.92 Å². The molecular formula is C10H13BrN2O. The predicted molar refractivity (Wildman–Crippen MR) is 59.2 cm³/mol. The van der Waals surface area contributed by atoms with Crippen LogP contribution in [0.25, 0.3) is 0 Å². The Hall–Kier alpha value is -0.900. The van der Waals surface area contributed by atoms with E-state index in [1.54, 1.807) is 16.8 Å². The summed E-state index contributed by atoms with van der Waals surface area (Å²) >= 11 is 3.42. The van der Waals surface area contributed by atoms with Crippen molar-refractivity contribution in [2.24, 2.45) is 7.05 Å². The van der Waals surface area contributed by atoms with Gasteiger partial charge in [-0.1, -0.05) is 6.08 Å². The molecule has 0 radical (unpaired) electrons. The van der Waals surface area contributed by atoms with Crippen LogP contribution in [0.2, 0.25) is 0 Å². The number of halogens is 1. The van der Waals surface area contributed by atoms with Gasteiger partial charge >= 0.3 is 0 Å². The Morgan fingerprint density at radius 2 is 2.29 bits per heavy atom. The molecule has 1 aromatic heterocycles. The number of allylic oxidation sites excluding steroid dienone is 2. The van der Waals surface area contributed by atoms with Crippen LogP contribution in [0.15, 0.2) is 16.6 Å². The zero-order valence-corrected chi connectivity index (χ0v) is 10.1. The second-order valence-electron chi connectivity index (χ2n) is 3.11. The van der Waals surface area contributed by atoms with E-state index in [2.05, 4.69) is 21.0 Å². The summed E-state index contributed by atoms with van der Waals surface area (Å²) in [7, 11) is 1.84. The van der Waals surface area contributed by atoms with E-state index < -0.39 is 0 Å². The van der Waals surface area contributed by atoms with Gasteiger partial charge in [0, 0.05) is 7.05 Å². The number of aryl methyl sites for hydroxylation is 2. The molecule has 4 heteroatoms. The van der Waals surface area contributed by atoms with E-state index in [1.807, 2.05) is 20.9 Å². The van der Waals surface area contributed by atoms with E-state index >= 15 is 0 Å². The number of carbonyl (C=O) groups is 1. The molecule has 0 bridgehead atoms. The third-order valence-corrected chi connectivity index (χ3v) is 2.99. The maximum absolute atomic E-state index is 11.4. The minimum absolute atomic E-state index is 0.0937. The highest BCUT2D eigenvalue weighted by Gasteiger charge is 2.12. The van der Waals surface area contributed by atoms with Crippen molar-refractivity contribution in [3.8, 4) is 0 Å². The second-order valence-corrected chi connectivity index (χ2v) is 3.91. The molecule has 0 N–H and O–H groups in total. The summed E-state index contributed by atoms with van der Waals surface area (Å²) in [5, 5.41) is 4.22. The topological polar surface area (TPSA) is 34.9 Å². The van der Waals surface area contributed by atoms with Gasteiger partial charge in [-0.15, -0.1) is 0 Å². The van der Waals surface area contributed by atoms with Crippen LogP contribution in [0.4, 0.5) is 0 Å². The molecule has 1 heterocycles. The van der Waals surface area contributed by atoms with Crippen molar-refractivity contribution < 1.29 is 4.79 Å². The molecule has 14 heavy (non-hydrogen) atoms. The molecule has 0 amide bonds. The van der Waals surface area contributed by atoms with Crippen molar-refractivity contribution >= 4 is 21.7 Å². The highest BCUT2D eigenvalue weighted by atomic mass is 79.9. The number of nitrogens with zero attached hydrogens (tertiary/aromatic N) is 2. The van der Waals surface area contributed by atoms with E-state index in [0.717, 1.165) is 15.9 Å². The number of aromatic nitrogens is 2. The Morgan fingerprint density at radius 3 is 2.71 bits per heavy atom. The largest absolute Gasteiger partial charge is 0.294 e. The molecule has 76 valence electrons. The van der Waals surface area contributed by atoms with Crippen LogP contribution in [0.5, 0.6) is 0 Å². The van der Waals surface area contributed by atoms with E-state index in [4.69, 9.17) is 0 Å². The Morgan fingerprint density at radius 1 is 1.64 bits per heavy atom. The number of rotatable bonds is 3. The average molecular weight is 257 g/mol. The predicted octanol–water partition coefficient (Wildman–Crippen LogP) is 2.18. The minimum atomic E-state index is 0.0937. The molecule has 0 aliphatic heterocycles. The van der Waals surface area contributed by atoms with Crippen LogP contribution in [0.3, 0.4) is 0 Å². The fourth-order valence-corrected chi connectivity index (χ4v) is 1.76. The van der Waals surface area contributed by atoms with Gasteiger partial charge < -0.3 is 0 Å². The highest BCUT2D eigenvalue weighted by molar-refractivity contribution is 9.10. The lowest BCUT2D eigenvalue weighted by atomic mass is 10.2. The Bertz CT molecular complexity index is 380. The molecule has 0 fully saturated rings. The lowest BCUT2D eigenvalue weighted by Crippen LogP contribution is -2.05. The molecule has 0 spiro atoms. The lowest BCUT2D eigenvalue weighted by Gasteiger charge is -1.98. The molecule has 0 aliphatic carbocycles. The Balaban J connectivity index is 2.91. The first-order chi connectivity index (χ1) is 6.56. The Labute approximate surface area is 91.9 Å². The minimum Gasteiger partial charge on any atom is -0.294 e. The van der Waals surface area contributed by atoms with Gasteiger partial charge in [0.25, 0.3) is 0 Å². The highest BCUT2D eigenvalue weighted by Crippen LogP contribution is 2.20. The SMILES string of the molecule is C/C=C/C(=O)Cc1c(Br)c(C)nn1C. The van der Waals surface area contributed by atoms with Gasteiger partial charge in [-0.25, -0.2) is 0 Å². The summed E-state index contributed by atoms with van der Waals surface area (Å²) < 4.78 is 2.67. The zero-order chi connectivity index (χ0) is 10.7. The van der Waals surface area contributed by atoms with Gasteiger partial charge in [0.1, 0.15) is 0 Å². The number of ketones is 1. The lowest BCUT2D eigenvalue weighted by molar-refractivity contribution is -0.114. The van der Waals surface area contributed by atoms with Crippen molar-refractivity contribution in [1.82, 2.24) is 9.78 Å². The van der Waals surface area contributed by atoms with Gasteiger partial charge in [0.2, 0.25) is 0 Å². The maximum Gasteiger partial charge on any atom is 0.161 e. The molecule has 0 aliphatic rings. The first-order valence-electron chi connectivity index (χ1n) is 4.39. The number of hydrogen-bond acceptors (Lipinski definition) is 2. The third-order valence-electron chi connectivity index (χ3n) is 1.96. The summed E-state index contributed by atoms with van der Waals surface area (Å²) in [6.07, 6.45) is 3.72. The normalized spacial score (nSPS) is 11.1. The van der Waals surface area contributed by atoms with Gasteiger partial charge in [-0.2, -0.15) is 5.10 Å². The van der Waals surface area contributed by atoms with Crippen molar-refractivity contribution in [3.63, 3.8) is 0 Å². The van der Waals surface area contributed by atoms with Crippen LogP contribution in [-0.4, -0.2) is 15.6 Å². The van der Waals surface area contributed by atoms with Crippen LogP contribution >= 0.6 is 15.9 Å². The van der Waals surface area contributed by atoms with E-state index in [1.165, 1.54) is 0 Å². The summed E-state index contributed by atoms with van der Waals surface area (Å²) in [6.45, 7) is 3.75. The maximum atomic E-state index is 11.4. The van der Waals surface area contributed by atoms with Crippen molar-refractivity contribution in [2.75, 3.05) is 0 Å². The monoisotopic (exact) mass is 256 g/mol.